The standard InChI is InChI=1S/C13H25NO/c1-9-7-5-6-8-10(9)11(14)12(15)13(2,3)4/h9-11H,5-8,14H2,1-4H3. The number of hydrogen-bond donors (Lipinski definition) is 1. The fraction of sp³-hybridized carbons (Fsp3) is 0.923. The van der Waals surface area contributed by atoms with Crippen LogP contribution in [0.2, 0.25) is 0 Å². The molecule has 0 spiro atoms. The van der Waals surface area contributed by atoms with Crippen molar-refractivity contribution in [3.63, 3.8) is 0 Å². The van der Waals surface area contributed by atoms with Crippen LogP contribution in [0.25, 0.3) is 0 Å². The lowest BCUT2D eigenvalue weighted by Gasteiger charge is -2.35. The molecule has 0 saturated heterocycles. The Morgan fingerprint density at radius 1 is 1.27 bits per heavy atom. The molecule has 1 fully saturated rings. The lowest BCUT2D eigenvalue weighted by molar-refractivity contribution is -0.129. The second kappa shape index (κ2) is 4.65. The predicted octanol–water partition coefficient (Wildman–Crippen LogP) is 2.76. The molecule has 0 aromatic rings. The van der Waals surface area contributed by atoms with E-state index < -0.39 is 0 Å². The summed E-state index contributed by atoms with van der Waals surface area (Å²) in [6, 6.07) is -0.250. The molecule has 1 saturated carbocycles. The van der Waals surface area contributed by atoms with Crippen molar-refractivity contribution in [2.45, 2.75) is 59.4 Å². The van der Waals surface area contributed by atoms with Crippen molar-refractivity contribution >= 4 is 5.78 Å². The van der Waals surface area contributed by atoms with Crippen LogP contribution < -0.4 is 5.73 Å². The molecule has 3 unspecified atom stereocenters. The molecule has 88 valence electrons. The first-order valence-corrected chi connectivity index (χ1v) is 6.14. The first kappa shape index (κ1) is 12.7. The van der Waals surface area contributed by atoms with Crippen LogP contribution in [0.5, 0.6) is 0 Å². The van der Waals surface area contributed by atoms with Gasteiger partial charge >= 0.3 is 0 Å². The Morgan fingerprint density at radius 3 is 2.27 bits per heavy atom. The van der Waals surface area contributed by atoms with Crippen LogP contribution in [0.1, 0.15) is 53.4 Å². The van der Waals surface area contributed by atoms with E-state index in [1.54, 1.807) is 0 Å². The first-order chi connectivity index (χ1) is 6.84. The van der Waals surface area contributed by atoms with Gasteiger partial charge in [-0.15, -0.1) is 0 Å². The molecular weight excluding hydrogens is 186 g/mol. The minimum absolute atomic E-state index is 0.223. The maximum Gasteiger partial charge on any atom is 0.155 e. The summed E-state index contributed by atoms with van der Waals surface area (Å²) >= 11 is 0. The lowest BCUT2D eigenvalue weighted by atomic mass is 9.72. The number of hydrogen-bond acceptors (Lipinski definition) is 2. The molecule has 2 nitrogen and oxygen atoms in total. The molecule has 0 aromatic carbocycles. The van der Waals surface area contributed by atoms with Crippen LogP contribution >= 0.6 is 0 Å². The van der Waals surface area contributed by atoms with Crippen molar-refractivity contribution in [2.75, 3.05) is 0 Å². The summed E-state index contributed by atoms with van der Waals surface area (Å²) in [5, 5.41) is 0. The lowest BCUT2D eigenvalue weighted by Crippen LogP contribution is -2.47. The van der Waals surface area contributed by atoms with Gasteiger partial charge in [-0.3, -0.25) is 4.79 Å². The van der Waals surface area contributed by atoms with Gasteiger partial charge in [-0.1, -0.05) is 47.0 Å². The summed E-state index contributed by atoms with van der Waals surface area (Å²) in [7, 11) is 0. The highest BCUT2D eigenvalue weighted by Gasteiger charge is 2.35. The average Bonchev–Trinajstić information content (AvgIpc) is 2.15. The van der Waals surface area contributed by atoms with Gasteiger partial charge in [0.25, 0.3) is 0 Å². The molecule has 2 N–H and O–H groups in total. The number of rotatable bonds is 2. The molecule has 0 aromatic heterocycles. The molecule has 1 rings (SSSR count). The van der Waals surface area contributed by atoms with Crippen molar-refractivity contribution < 1.29 is 4.79 Å². The number of nitrogens with two attached hydrogens (primary N) is 1. The van der Waals surface area contributed by atoms with Crippen molar-refractivity contribution in [3.8, 4) is 0 Å². The summed E-state index contributed by atoms with van der Waals surface area (Å²) in [4.78, 5) is 12.1. The summed E-state index contributed by atoms with van der Waals surface area (Å²) in [6.45, 7) is 8.12. The highest BCUT2D eigenvalue weighted by molar-refractivity contribution is 5.88. The maximum atomic E-state index is 12.1. The minimum Gasteiger partial charge on any atom is -0.321 e. The maximum absolute atomic E-state index is 12.1. The quantitative estimate of drug-likeness (QED) is 0.763. The first-order valence-electron chi connectivity index (χ1n) is 6.14. The van der Waals surface area contributed by atoms with Crippen LogP contribution in [-0.2, 0) is 4.79 Å². The second-order valence-electron chi connectivity index (χ2n) is 6.07. The van der Waals surface area contributed by atoms with Crippen LogP contribution in [0.4, 0.5) is 0 Å². The molecule has 0 bridgehead atoms. The molecule has 2 heteroatoms. The topological polar surface area (TPSA) is 43.1 Å². The second-order valence-corrected chi connectivity index (χ2v) is 6.07. The van der Waals surface area contributed by atoms with E-state index in [1.165, 1.54) is 19.3 Å². The number of carbonyl (C=O) groups excluding carboxylic acids is 1. The Kier molecular flexibility index (Phi) is 3.93. The van der Waals surface area contributed by atoms with E-state index in [9.17, 15) is 4.79 Å². The normalized spacial score (nSPS) is 29.9. The van der Waals surface area contributed by atoms with Crippen molar-refractivity contribution in [1.29, 1.82) is 0 Å². The fourth-order valence-corrected chi connectivity index (χ4v) is 2.57. The van der Waals surface area contributed by atoms with Gasteiger partial charge in [-0.25, -0.2) is 0 Å². The zero-order chi connectivity index (χ0) is 11.6. The van der Waals surface area contributed by atoms with Crippen LogP contribution in [0.15, 0.2) is 0 Å². The van der Waals surface area contributed by atoms with E-state index in [0.717, 1.165) is 6.42 Å². The fourth-order valence-electron chi connectivity index (χ4n) is 2.57. The van der Waals surface area contributed by atoms with E-state index in [2.05, 4.69) is 6.92 Å². The molecule has 0 heterocycles. The van der Waals surface area contributed by atoms with E-state index in [-0.39, 0.29) is 17.2 Å². The van der Waals surface area contributed by atoms with Crippen LogP contribution in [0, 0.1) is 17.3 Å². The Labute approximate surface area is 93.6 Å². The average molecular weight is 211 g/mol. The third-order valence-corrected chi connectivity index (χ3v) is 3.68. The smallest absolute Gasteiger partial charge is 0.155 e. The number of carbonyl (C=O) groups is 1. The number of Topliss-reactive ketones (excluding diaryl/α,β-unsaturated/α-hetero) is 1. The Morgan fingerprint density at radius 2 is 1.80 bits per heavy atom. The molecular formula is C13H25NO. The molecule has 3 atom stereocenters. The van der Waals surface area contributed by atoms with E-state index >= 15 is 0 Å². The zero-order valence-corrected chi connectivity index (χ0v) is 10.5. The van der Waals surface area contributed by atoms with E-state index in [1.807, 2.05) is 20.8 Å². The van der Waals surface area contributed by atoms with Gasteiger partial charge in [0.15, 0.2) is 5.78 Å². The molecule has 1 aliphatic rings. The van der Waals surface area contributed by atoms with E-state index in [4.69, 9.17) is 5.73 Å². The van der Waals surface area contributed by atoms with Gasteiger partial charge in [0.2, 0.25) is 0 Å². The molecule has 1 aliphatic carbocycles. The third kappa shape index (κ3) is 3.04. The largest absolute Gasteiger partial charge is 0.321 e. The number of ketones is 1. The highest BCUT2D eigenvalue weighted by Crippen LogP contribution is 2.33. The molecule has 0 radical (unpaired) electrons. The van der Waals surface area contributed by atoms with Crippen molar-refractivity contribution in [1.82, 2.24) is 0 Å². The Hall–Kier alpha value is -0.370. The summed E-state index contributed by atoms with van der Waals surface area (Å²) < 4.78 is 0. The zero-order valence-electron chi connectivity index (χ0n) is 10.5. The van der Waals surface area contributed by atoms with Gasteiger partial charge in [0.1, 0.15) is 0 Å². The molecule has 15 heavy (non-hydrogen) atoms. The molecule has 0 amide bonds. The van der Waals surface area contributed by atoms with Crippen LogP contribution in [0.3, 0.4) is 0 Å². The predicted molar refractivity (Wildman–Crippen MR) is 63.6 cm³/mol. The van der Waals surface area contributed by atoms with Crippen LogP contribution in [-0.4, -0.2) is 11.8 Å². The van der Waals surface area contributed by atoms with Gasteiger partial charge in [-0.2, -0.15) is 0 Å². The van der Waals surface area contributed by atoms with E-state index in [0.29, 0.717) is 11.8 Å². The molecule has 0 aliphatic heterocycles. The van der Waals surface area contributed by atoms with Gasteiger partial charge in [0, 0.05) is 5.41 Å². The Balaban J connectivity index is 2.66. The summed E-state index contributed by atoms with van der Waals surface area (Å²) in [6.07, 6.45) is 4.90. The highest BCUT2D eigenvalue weighted by atomic mass is 16.1. The monoisotopic (exact) mass is 211 g/mol. The van der Waals surface area contributed by atoms with Crippen molar-refractivity contribution in [2.24, 2.45) is 23.0 Å². The summed E-state index contributed by atoms with van der Waals surface area (Å²) in [5.74, 6) is 1.24. The minimum atomic E-state index is -0.295. The third-order valence-electron chi connectivity index (χ3n) is 3.68. The van der Waals surface area contributed by atoms with Gasteiger partial charge in [0.05, 0.1) is 6.04 Å². The SMILES string of the molecule is CC1CCCCC1C(N)C(=O)C(C)(C)C. The van der Waals surface area contributed by atoms with Gasteiger partial charge < -0.3 is 5.73 Å². The Bertz CT molecular complexity index is 229. The summed E-state index contributed by atoms with van der Waals surface area (Å²) in [5.41, 5.74) is 5.82. The van der Waals surface area contributed by atoms with Gasteiger partial charge in [-0.05, 0) is 18.3 Å². The van der Waals surface area contributed by atoms with Crippen molar-refractivity contribution in [3.05, 3.63) is 0 Å².